The maximum Gasteiger partial charge on any atom is 0.0985 e. The fraction of sp³-hybridized carbons (Fsp3) is 0.286. The lowest BCUT2D eigenvalue weighted by Gasteiger charge is -2.20. The number of thiophene rings is 1. The molecule has 2 aromatic rings. The summed E-state index contributed by atoms with van der Waals surface area (Å²) in [7, 11) is 0. The van der Waals surface area contributed by atoms with Gasteiger partial charge in [0.25, 0.3) is 0 Å². The normalized spacial score (nSPS) is 14.4. The van der Waals surface area contributed by atoms with Gasteiger partial charge in [-0.2, -0.15) is 11.3 Å². The second-order valence-electron chi connectivity index (χ2n) is 4.28. The van der Waals surface area contributed by atoms with Crippen molar-refractivity contribution in [2.75, 3.05) is 0 Å². The Labute approximate surface area is 120 Å². The number of rotatable bonds is 5. The lowest BCUT2D eigenvalue weighted by Crippen LogP contribution is -2.26. The lowest BCUT2D eigenvalue weighted by molar-refractivity contribution is 0.0261. The van der Waals surface area contributed by atoms with Crippen molar-refractivity contribution in [1.82, 2.24) is 0 Å². The van der Waals surface area contributed by atoms with E-state index in [1.165, 1.54) is 0 Å². The Morgan fingerprint density at radius 1 is 1.39 bits per heavy atom. The molecule has 0 bridgehead atoms. The van der Waals surface area contributed by atoms with Gasteiger partial charge in [-0.15, -0.1) is 0 Å². The van der Waals surface area contributed by atoms with Gasteiger partial charge in [0, 0.05) is 10.5 Å². The summed E-state index contributed by atoms with van der Waals surface area (Å²) in [6, 6.07) is 10.2. The summed E-state index contributed by atoms with van der Waals surface area (Å²) in [5.41, 5.74) is 8.29. The molecule has 0 spiro atoms. The van der Waals surface area contributed by atoms with Gasteiger partial charge in [-0.1, -0.05) is 28.1 Å². The zero-order valence-electron chi connectivity index (χ0n) is 10.2. The van der Waals surface area contributed by atoms with Gasteiger partial charge in [-0.25, -0.2) is 0 Å². The van der Waals surface area contributed by atoms with Crippen LogP contribution < -0.4 is 5.73 Å². The van der Waals surface area contributed by atoms with Crippen molar-refractivity contribution in [1.29, 1.82) is 0 Å². The van der Waals surface area contributed by atoms with E-state index in [1.807, 2.05) is 24.4 Å². The van der Waals surface area contributed by atoms with E-state index < -0.39 is 0 Å². The highest BCUT2D eigenvalue weighted by atomic mass is 79.9. The van der Waals surface area contributed by atoms with Crippen LogP contribution in [0.4, 0.5) is 0 Å². The summed E-state index contributed by atoms with van der Waals surface area (Å²) >= 11 is 5.12. The third-order valence-corrected chi connectivity index (χ3v) is 3.86. The van der Waals surface area contributed by atoms with E-state index in [1.54, 1.807) is 11.3 Å². The van der Waals surface area contributed by atoms with Gasteiger partial charge in [0.15, 0.2) is 0 Å². The summed E-state index contributed by atoms with van der Waals surface area (Å²) < 4.78 is 7.02. The van der Waals surface area contributed by atoms with Gasteiger partial charge in [-0.05, 0) is 47.0 Å². The number of hydrogen-bond donors (Lipinski definition) is 1. The average molecular weight is 326 g/mol. The molecule has 2 N–H and O–H groups in total. The van der Waals surface area contributed by atoms with Gasteiger partial charge >= 0.3 is 0 Å². The first-order valence-electron chi connectivity index (χ1n) is 5.80. The van der Waals surface area contributed by atoms with Gasteiger partial charge < -0.3 is 10.5 Å². The van der Waals surface area contributed by atoms with E-state index >= 15 is 0 Å². The first-order valence-corrected chi connectivity index (χ1v) is 7.54. The molecule has 2 atom stereocenters. The van der Waals surface area contributed by atoms with E-state index in [0.29, 0.717) is 6.61 Å². The summed E-state index contributed by atoms with van der Waals surface area (Å²) in [6.45, 7) is 2.55. The summed E-state index contributed by atoms with van der Waals surface area (Å²) in [5.74, 6) is 0. The molecule has 2 rings (SSSR count). The number of nitrogens with two attached hydrogens (primary N) is 1. The minimum absolute atomic E-state index is 0.0215. The Bertz CT molecular complexity index is 484. The number of benzene rings is 1. The zero-order chi connectivity index (χ0) is 13.0. The molecule has 18 heavy (non-hydrogen) atoms. The molecule has 0 amide bonds. The van der Waals surface area contributed by atoms with Crippen molar-refractivity contribution in [3.8, 4) is 0 Å². The van der Waals surface area contributed by atoms with Gasteiger partial charge in [-0.3, -0.25) is 0 Å². The molecule has 0 saturated carbocycles. The minimum Gasteiger partial charge on any atom is -0.367 e. The molecule has 0 fully saturated rings. The van der Waals surface area contributed by atoms with E-state index in [-0.39, 0.29) is 12.1 Å². The van der Waals surface area contributed by atoms with Crippen molar-refractivity contribution >= 4 is 27.3 Å². The third kappa shape index (κ3) is 3.65. The Morgan fingerprint density at radius 2 is 2.22 bits per heavy atom. The molecule has 2 nitrogen and oxygen atoms in total. The molecule has 2 unspecified atom stereocenters. The fourth-order valence-corrected chi connectivity index (χ4v) is 2.93. The van der Waals surface area contributed by atoms with Crippen LogP contribution in [0, 0.1) is 0 Å². The number of halogens is 1. The minimum atomic E-state index is -0.0461. The Balaban J connectivity index is 2.03. The maximum absolute atomic E-state index is 5.99. The highest BCUT2D eigenvalue weighted by Gasteiger charge is 2.17. The number of hydrogen-bond acceptors (Lipinski definition) is 3. The SMILES string of the molecule is CC(N)C(OCc1cccc(Br)c1)c1ccsc1. The standard InChI is InChI=1S/C14H16BrNOS/c1-10(16)14(12-5-6-18-9-12)17-8-11-3-2-4-13(15)7-11/h2-7,9-10,14H,8,16H2,1H3. The second-order valence-corrected chi connectivity index (χ2v) is 5.97. The molecule has 1 aromatic heterocycles. The molecule has 1 aromatic carbocycles. The largest absolute Gasteiger partial charge is 0.367 e. The maximum atomic E-state index is 5.99. The van der Waals surface area contributed by atoms with Crippen molar-refractivity contribution < 1.29 is 4.74 Å². The van der Waals surface area contributed by atoms with Crippen LogP contribution in [0.25, 0.3) is 0 Å². The Kier molecular flexibility index (Phi) is 4.95. The molecule has 4 heteroatoms. The van der Waals surface area contributed by atoms with E-state index in [4.69, 9.17) is 10.5 Å². The van der Waals surface area contributed by atoms with Crippen molar-refractivity contribution in [2.45, 2.75) is 25.7 Å². The third-order valence-electron chi connectivity index (χ3n) is 2.67. The molecule has 0 aliphatic carbocycles. The monoisotopic (exact) mass is 325 g/mol. The zero-order valence-corrected chi connectivity index (χ0v) is 12.6. The van der Waals surface area contributed by atoms with Gasteiger partial charge in [0.05, 0.1) is 12.7 Å². The highest BCUT2D eigenvalue weighted by molar-refractivity contribution is 9.10. The number of ether oxygens (including phenoxy) is 1. The first kappa shape index (κ1) is 13.7. The Morgan fingerprint density at radius 3 is 2.83 bits per heavy atom. The molecule has 0 aliphatic rings. The van der Waals surface area contributed by atoms with E-state index in [9.17, 15) is 0 Å². The summed E-state index contributed by atoms with van der Waals surface area (Å²) in [5, 5.41) is 4.14. The Hall–Kier alpha value is -0.680. The molecule has 1 heterocycles. The van der Waals surface area contributed by atoms with Crippen LogP contribution in [0.1, 0.15) is 24.2 Å². The van der Waals surface area contributed by atoms with Crippen LogP contribution in [-0.2, 0) is 11.3 Å². The molecular formula is C14H16BrNOS. The summed E-state index contributed by atoms with van der Waals surface area (Å²) in [6.07, 6.45) is -0.0461. The molecule has 0 aliphatic heterocycles. The molecule has 0 radical (unpaired) electrons. The van der Waals surface area contributed by atoms with Crippen LogP contribution >= 0.6 is 27.3 Å². The molecular weight excluding hydrogens is 310 g/mol. The molecule has 96 valence electrons. The van der Waals surface area contributed by atoms with E-state index in [2.05, 4.69) is 39.5 Å². The quantitative estimate of drug-likeness (QED) is 0.897. The fourth-order valence-electron chi connectivity index (χ4n) is 1.80. The first-order chi connectivity index (χ1) is 8.66. The van der Waals surface area contributed by atoms with Crippen LogP contribution in [0.2, 0.25) is 0 Å². The highest BCUT2D eigenvalue weighted by Crippen LogP contribution is 2.24. The lowest BCUT2D eigenvalue weighted by atomic mass is 10.1. The van der Waals surface area contributed by atoms with Crippen LogP contribution in [0.3, 0.4) is 0 Å². The second kappa shape index (κ2) is 6.48. The average Bonchev–Trinajstić information content (AvgIpc) is 2.82. The van der Waals surface area contributed by atoms with Gasteiger partial charge in [0.2, 0.25) is 0 Å². The van der Waals surface area contributed by atoms with Crippen molar-refractivity contribution in [3.05, 3.63) is 56.7 Å². The van der Waals surface area contributed by atoms with Crippen molar-refractivity contribution in [2.24, 2.45) is 5.73 Å². The topological polar surface area (TPSA) is 35.2 Å². The van der Waals surface area contributed by atoms with Crippen LogP contribution in [0.15, 0.2) is 45.6 Å². The summed E-state index contributed by atoms with van der Waals surface area (Å²) in [4.78, 5) is 0. The van der Waals surface area contributed by atoms with E-state index in [0.717, 1.165) is 15.6 Å². The van der Waals surface area contributed by atoms with Crippen LogP contribution in [-0.4, -0.2) is 6.04 Å². The predicted octanol–water partition coefficient (Wildman–Crippen LogP) is 4.12. The molecule has 0 saturated heterocycles. The predicted molar refractivity (Wildman–Crippen MR) is 79.6 cm³/mol. The smallest absolute Gasteiger partial charge is 0.0985 e. The van der Waals surface area contributed by atoms with Gasteiger partial charge in [0.1, 0.15) is 0 Å². The van der Waals surface area contributed by atoms with Crippen LogP contribution in [0.5, 0.6) is 0 Å². The van der Waals surface area contributed by atoms with Crippen molar-refractivity contribution in [3.63, 3.8) is 0 Å².